The molecule has 0 unspecified atom stereocenters. The maximum Gasteiger partial charge on any atom is 0.354 e. The molecular formula is C7H5Cl2NO2. The largest absolute Gasteiger partial charge is 0.477 e. The Morgan fingerprint density at radius 3 is 2.67 bits per heavy atom. The number of nitrogens with zero attached hydrogens (tertiary/aromatic N) is 1. The zero-order valence-electron chi connectivity index (χ0n) is 5.87. The number of hydrogen-bond donors (Lipinski definition) is 1. The van der Waals surface area contributed by atoms with Crippen LogP contribution in [0.5, 0.6) is 0 Å². The molecule has 0 saturated carbocycles. The highest BCUT2D eigenvalue weighted by molar-refractivity contribution is 6.44. The number of pyridine rings is 1. The van der Waals surface area contributed by atoms with Crippen molar-refractivity contribution in [2.75, 3.05) is 0 Å². The molecule has 0 aliphatic carbocycles. The van der Waals surface area contributed by atoms with Crippen molar-refractivity contribution in [1.82, 2.24) is 4.98 Å². The summed E-state index contributed by atoms with van der Waals surface area (Å²) in [6.45, 7) is 0. The molecule has 0 aromatic carbocycles. The first kappa shape index (κ1) is 9.29. The molecule has 0 aliphatic heterocycles. The van der Waals surface area contributed by atoms with E-state index in [-0.39, 0.29) is 5.69 Å². The second-order valence-corrected chi connectivity index (χ2v) is 3.14. The normalized spacial score (nSPS) is 10.2. The van der Waals surface area contributed by atoms with Gasteiger partial charge in [0, 0.05) is 11.8 Å². The lowest BCUT2D eigenvalue weighted by Crippen LogP contribution is -2.04. The van der Waals surface area contributed by atoms with Gasteiger partial charge in [-0.25, -0.2) is 9.78 Å². The first-order chi connectivity index (χ1) is 5.63. The molecule has 12 heavy (non-hydrogen) atoms. The Balaban J connectivity index is 3.17. The molecular weight excluding hydrogens is 201 g/mol. The van der Waals surface area contributed by atoms with Crippen molar-refractivity contribution < 1.29 is 9.90 Å². The zero-order chi connectivity index (χ0) is 9.14. The van der Waals surface area contributed by atoms with Crippen LogP contribution in [0.1, 0.15) is 20.9 Å². The number of aromatic carboxylic acids is 1. The van der Waals surface area contributed by atoms with Gasteiger partial charge in [-0.15, -0.1) is 0 Å². The molecule has 1 aromatic heterocycles. The fourth-order valence-electron chi connectivity index (χ4n) is 0.773. The Labute approximate surface area is 78.9 Å². The molecule has 0 saturated heterocycles. The summed E-state index contributed by atoms with van der Waals surface area (Å²) in [7, 11) is 0. The maximum absolute atomic E-state index is 10.5. The summed E-state index contributed by atoms with van der Waals surface area (Å²) in [5.41, 5.74) is 0.209. The van der Waals surface area contributed by atoms with E-state index in [4.69, 9.17) is 28.3 Å². The van der Waals surface area contributed by atoms with Gasteiger partial charge >= 0.3 is 5.97 Å². The minimum atomic E-state index is -1.13. The quantitative estimate of drug-likeness (QED) is 0.755. The molecule has 3 nitrogen and oxygen atoms in total. The highest BCUT2D eigenvalue weighted by atomic mass is 35.5. The minimum absolute atomic E-state index is 0.104. The molecule has 0 amide bonds. The van der Waals surface area contributed by atoms with Gasteiger partial charge in [0.15, 0.2) is 5.69 Å². The smallest absolute Gasteiger partial charge is 0.354 e. The van der Waals surface area contributed by atoms with Gasteiger partial charge in [-0.05, 0) is 6.07 Å². The molecule has 1 heterocycles. The fraction of sp³-hybridized carbons (Fsp3) is 0.143. The van der Waals surface area contributed by atoms with E-state index in [1.54, 1.807) is 6.07 Å². The molecule has 1 rings (SSSR count). The summed E-state index contributed by atoms with van der Waals surface area (Å²) < 4.78 is 0. The third kappa shape index (κ3) is 1.87. The monoisotopic (exact) mass is 205 g/mol. The Bertz CT molecular complexity index is 301. The van der Waals surface area contributed by atoms with Crippen molar-refractivity contribution in [3.05, 3.63) is 29.6 Å². The van der Waals surface area contributed by atoms with Gasteiger partial charge in [0.1, 0.15) is 4.84 Å². The standard InChI is InChI=1S/C7H5Cl2NO2/c8-6(9)4-2-1-3-10-5(4)7(11)12/h1-3,6H,(H,11,12). The van der Waals surface area contributed by atoms with Crippen molar-refractivity contribution in [2.45, 2.75) is 4.84 Å². The van der Waals surface area contributed by atoms with Crippen LogP contribution in [0.4, 0.5) is 0 Å². The van der Waals surface area contributed by atoms with Crippen LogP contribution in [0.25, 0.3) is 0 Å². The summed E-state index contributed by atoms with van der Waals surface area (Å²) in [4.78, 5) is 13.3. The molecule has 1 aromatic rings. The van der Waals surface area contributed by atoms with Crippen LogP contribution in [-0.2, 0) is 0 Å². The highest BCUT2D eigenvalue weighted by Crippen LogP contribution is 2.26. The number of aromatic nitrogens is 1. The van der Waals surface area contributed by atoms with Gasteiger partial charge in [0.05, 0.1) is 0 Å². The molecule has 0 fully saturated rings. The lowest BCUT2D eigenvalue weighted by molar-refractivity contribution is 0.0689. The third-order valence-electron chi connectivity index (χ3n) is 1.28. The number of carbonyl (C=O) groups is 1. The zero-order valence-corrected chi connectivity index (χ0v) is 7.38. The van der Waals surface area contributed by atoms with Crippen LogP contribution in [0.3, 0.4) is 0 Å². The molecule has 64 valence electrons. The maximum atomic E-state index is 10.5. The van der Waals surface area contributed by atoms with Gasteiger partial charge in [0.25, 0.3) is 0 Å². The molecule has 0 spiro atoms. The summed E-state index contributed by atoms with van der Waals surface area (Å²) in [5.74, 6) is -1.13. The first-order valence-corrected chi connectivity index (χ1v) is 3.96. The van der Waals surface area contributed by atoms with Crippen molar-refractivity contribution in [3.63, 3.8) is 0 Å². The average Bonchev–Trinajstić information content (AvgIpc) is 2.04. The average molecular weight is 206 g/mol. The minimum Gasteiger partial charge on any atom is -0.477 e. The molecule has 0 atom stereocenters. The van der Waals surface area contributed by atoms with E-state index in [1.165, 1.54) is 12.3 Å². The van der Waals surface area contributed by atoms with Gasteiger partial charge < -0.3 is 5.11 Å². The SMILES string of the molecule is O=C(O)c1ncccc1C(Cl)Cl. The summed E-state index contributed by atoms with van der Waals surface area (Å²) >= 11 is 11.0. The Hall–Kier alpha value is -0.800. The number of carboxylic acids is 1. The molecule has 0 radical (unpaired) electrons. The Morgan fingerprint density at radius 1 is 1.58 bits per heavy atom. The number of halogens is 2. The van der Waals surface area contributed by atoms with Crippen molar-refractivity contribution >= 4 is 29.2 Å². The van der Waals surface area contributed by atoms with E-state index >= 15 is 0 Å². The fourth-order valence-corrected chi connectivity index (χ4v) is 1.12. The Kier molecular flexibility index (Phi) is 2.89. The van der Waals surface area contributed by atoms with Crippen molar-refractivity contribution in [2.24, 2.45) is 0 Å². The number of rotatable bonds is 2. The predicted octanol–water partition coefficient (Wildman–Crippen LogP) is 2.26. The number of hydrogen-bond acceptors (Lipinski definition) is 2. The summed E-state index contributed by atoms with van der Waals surface area (Å²) in [5, 5.41) is 8.63. The molecule has 1 N–H and O–H groups in total. The van der Waals surface area contributed by atoms with E-state index < -0.39 is 10.8 Å². The summed E-state index contributed by atoms with van der Waals surface area (Å²) in [6, 6.07) is 3.11. The van der Waals surface area contributed by atoms with E-state index in [1.807, 2.05) is 0 Å². The van der Waals surface area contributed by atoms with E-state index in [9.17, 15) is 4.79 Å². The van der Waals surface area contributed by atoms with Crippen LogP contribution in [0.15, 0.2) is 18.3 Å². The Morgan fingerprint density at radius 2 is 2.25 bits per heavy atom. The molecule has 0 bridgehead atoms. The van der Waals surface area contributed by atoms with Crippen molar-refractivity contribution in [1.29, 1.82) is 0 Å². The van der Waals surface area contributed by atoms with Crippen LogP contribution in [0.2, 0.25) is 0 Å². The molecule has 0 aliphatic rings. The van der Waals surface area contributed by atoms with Gasteiger partial charge in [-0.1, -0.05) is 29.3 Å². The van der Waals surface area contributed by atoms with Crippen LogP contribution in [0, 0.1) is 0 Å². The van der Waals surface area contributed by atoms with Gasteiger partial charge in [0.2, 0.25) is 0 Å². The lowest BCUT2D eigenvalue weighted by Gasteiger charge is -2.03. The van der Waals surface area contributed by atoms with Crippen LogP contribution < -0.4 is 0 Å². The van der Waals surface area contributed by atoms with E-state index in [2.05, 4.69) is 4.98 Å². The third-order valence-corrected chi connectivity index (χ3v) is 1.75. The first-order valence-electron chi connectivity index (χ1n) is 3.09. The van der Waals surface area contributed by atoms with Crippen LogP contribution in [-0.4, -0.2) is 16.1 Å². The van der Waals surface area contributed by atoms with Crippen LogP contribution >= 0.6 is 23.2 Å². The van der Waals surface area contributed by atoms with Gasteiger partial charge in [-0.2, -0.15) is 0 Å². The summed E-state index contributed by atoms with van der Waals surface area (Å²) in [6.07, 6.45) is 1.38. The predicted molar refractivity (Wildman–Crippen MR) is 45.6 cm³/mol. The second kappa shape index (κ2) is 3.74. The second-order valence-electron chi connectivity index (χ2n) is 2.05. The van der Waals surface area contributed by atoms with Crippen molar-refractivity contribution in [3.8, 4) is 0 Å². The number of alkyl halides is 2. The van der Waals surface area contributed by atoms with Gasteiger partial charge in [-0.3, -0.25) is 0 Å². The van der Waals surface area contributed by atoms with E-state index in [0.717, 1.165) is 0 Å². The highest BCUT2D eigenvalue weighted by Gasteiger charge is 2.15. The van der Waals surface area contributed by atoms with E-state index in [0.29, 0.717) is 5.56 Å². The lowest BCUT2D eigenvalue weighted by atomic mass is 10.2. The molecule has 5 heteroatoms. The topological polar surface area (TPSA) is 50.2 Å². The number of carboxylic acid groups (broad SMARTS) is 1.